The largest absolute Gasteiger partial charge is 0.493 e. The van der Waals surface area contributed by atoms with Crippen molar-refractivity contribution in [2.45, 2.75) is 26.7 Å². The van der Waals surface area contributed by atoms with Crippen LogP contribution in [0.1, 0.15) is 32.4 Å². The fraction of sp³-hybridized carbons (Fsp3) is 0.500. The van der Waals surface area contributed by atoms with Crippen molar-refractivity contribution in [2.75, 3.05) is 6.61 Å². The molecule has 0 aliphatic rings. The van der Waals surface area contributed by atoms with E-state index in [1.807, 2.05) is 0 Å². The molecule has 16 heavy (non-hydrogen) atoms. The molecule has 0 radical (unpaired) electrons. The third kappa shape index (κ3) is 4.29. The molecule has 0 spiro atoms. The molecule has 1 aromatic heterocycles. The van der Waals surface area contributed by atoms with Crippen LogP contribution in [-0.2, 0) is 0 Å². The molecule has 0 saturated heterocycles. The molecule has 0 amide bonds. The molecule has 4 heteroatoms. The van der Waals surface area contributed by atoms with Gasteiger partial charge in [-0.15, -0.1) is 0 Å². The minimum atomic E-state index is -0.0346. The number of hydrogen-bond acceptors (Lipinski definition) is 3. The third-order valence-corrected chi connectivity index (χ3v) is 2.20. The van der Waals surface area contributed by atoms with Crippen LogP contribution in [0.25, 0.3) is 0 Å². The zero-order valence-corrected chi connectivity index (χ0v) is 9.86. The van der Waals surface area contributed by atoms with E-state index in [9.17, 15) is 0 Å². The first-order valence-corrected chi connectivity index (χ1v) is 5.53. The Morgan fingerprint density at radius 3 is 2.94 bits per heavy atom. The summed E-state index contributed by atoms with van der Waals surface area (Å²) >= 11 is 0. The third-order valence-electron chi connectivity index (χ3n) is 2.20. The van der Waals surface area contributed by atoms with Crippen molar-refractivity contribution < 1.29 is 4.74 Å². The summed E-state index contributed by atoms with van der Waals surface area (Å²) in [5.74, 6) is 1.39. The average molecular weight is 221 g/mol. The highest BCUT2D eigenvalue weighted by Gasteiger charge is 2.01. The molecule has 0 fully saturated rings. The fourth-order valence-electron chi connectivity index (χ4n) is 1.33. The molecule has 1 heterocycles. The zero-order chi connectivity index (χ0) is 12.0. The van der Waals surface area contributed by atoms with Crippen LogP contribution in [-0.4, -0.2) is 17.4 Å². The predicted molar refractivity (Wildman–Crippen MR) is 64.8 cm³/mol. The molecule has 0 saturated carbocycles. The summed E-state index contributed by atoms with van der Waals surface area (Å²) in [6, 6.07) is 3.47. The van der Waals surface area contributed by atoms with E-state index in [1.54, 1.807) is 18.3 Å². The Balaban J connectivity index is 2.42. The summed E-state index contributed by atoms with van der Waals surface area (Å²) in [5, 5.41) is 7.26. The van der Waals surface area contributed by atoms with Crippen LogP contribution in [0, 0.1) is 11.3 Å². The molecule has 4 nitrogen and oxygen atoms in total. The lowest BCUT2D eigenvalue weighted by molar-refractivity contribution is 0.297. The summed E-state index contributed by atoms with van der Waals surface area (Å²) in [5.41, 5.74) is 5.80. The van der Waals surface area contributed by atoms with Gasteiger partial charge in [0, 0.05) is 12.3 Å². The van der Waals surface area contributed by atoms with Gasteiger partial charge in [0.25, 0.3) is 0 Å². The van der Waals surface area contributed by atoms with Crippen LogP contribution in [0.15, 0.2) is 18.3 Å². The topological polar surface area (TPSA) is 72.0 Å². The highest BCUT2D eigenvalue weighted by atomic mass is 16.5. The van der Waals surface area contributed by atoms with Crippen molar-refractivity contribution in [1.29, 1.82) is 5.41 Å². The normalized spacial score (nSPS) is 10.4. The van der Waals surface area contributed by atoms with Gasteiger partial charge in [-0.1, -0.05) is 13.8 Å². The number of pyridine rings is 1. The van der Waals surface area contributed by atoms with E-state index in [4.69, 9.17) is 15.9 Å². The second-order valence-corrected chi connectivity index (χ2v) is 4.17. The van der Waals surface area contributed by atoms with Crippen LogP contribution in [0.5, 0.6) is 5.75 Å². The monoisotopic (exact) mass is 221 g/mol. The number of ether oxygens (including phenoxy) is 1. The highest BCUT2D eigenvalue weighted by molar-refractivity contribution is 5.93. The molecule has 3 N–H and O–H groups in total. The van der Waals surface area contributed by atoms with Gasteiger partial charge in [-0.2, -0.15) is 0 Å². The smallest absolute Gasteiger partial charge is 0.141 e. The number of hydrogen-bond donors (Lipinski definition) is 2. The molecule has 0 aromatic carbocycles. The Morgan fingerprint density at radius 1 is 1.56 bits per heavy atom. The quantitative estimate of drug-likeness (QED) is 0.439. The summed E-state index contributed by atoms with van der Waals surface area (Å²) in [6.07, 6.45) is 3.80. The van der Waals surface area contributed by atoms with E-state index in [1.165, 1.54) is 0 Å². The van der Waals surface area contributed by atoms with Gasteiger partial charge in [-0.05, 0) is 24.8 Å². The van der Waals surface area contributed by atoms with Crippen LogP contribution in [0.3, 0.4) is 0 Å². The Labute approximate surface area is 96.3 Å². The van der Waals surface area contributed by atoms with Gasteiger partial charge in [-0.25, -0.2) is 0 Å². The summed E-state index contributed by atoms with van der Waals surface area (Å²) in [4.78, 5) is 3.97. The van der Waals surface area contributed by atoms with Crippen LogP contribution < -0.4 is 10.5 Å². The van der Waals surface area contributed by atoms with E-state index >= 15 is 0 Å². The lowest BCUT2D eigenvalue weighted by Crippen LogP contribution is -2.13. The van der Waals surface area contributed by atoms with Gasteiger partial charge in [0.2, 0.25) is 0 Å². The zero-order valence-electron chi connectivity index (χ0n) is 9.86. The number of aromatic nitrogens is 1. The molecule has 88 valence electrons. The Hall–Kier alpha value is -1.58. The molecule has 0 unspecified atom stereocenters. The maximum absolute atomic E-state index is 7.26. The van der Waals surface area contributed by atoms with Gasteiger partial charge in [0.15, 0.2) is 0 Å². The molecule has 0 atom stereocenters. The Morgan fingerprint density at radius 2 is 2.31 bits per heavy atom. The van der Waals surface area contributed by atoms with Gasteiger partial charge in [0.1, 0.15) is 17.3 Å². The van der Waals surface area contributed by atoms with Crippen molar-refractivity contribution in [1.82, 2.24) is 4.98 Å². The SMILES string of the molecule is CC(C)CCCOc1ccnc(C(=N)N)c1. The Bertz CT molecular complexity index is 350. The number of nitrogens with one attached hydrogen (secondary N) is 1. The van der Waals surface area contributed by atoms with Crippen molar-refractivity contribution >= 4 is 5.84 Å². The minimum Gasteiger partial charge on any atom is -0.493 e. The molecule has 0 aliphatic carbocycles. The summed E-state index contributed by atoms with van der Waals surface area (Å²) < 4.78 is 5.56. The van der Waals surface area contributed by atoms with Crippen molar-refractivity contribution in [3.63, 3.8) is 0 Å². The van der Waals surface area contributed by atoms with Gasteiger partial charge < -0.3 is 10.5 Å². The van der Waals surface area contributed by atoms with E-state index in [0.717, 1.165) is 18.6 Å². The first-order chi connectivity index (χ1) is 7.59. The highest BCUT2D eigenvalue weighted by Crippen LogP contribution is 2.12. The average Bonchev–Trinajstić information content (AvgIpc) is 2.24. The van der Waals surface area contributed by atoms with Crippen molar-refractivity contribution in [2.24, 2.45) is 11.7 Å². The second kappa shape index (κ2) is 6.10. The second-order valence-electron chi connectivity index (χ2n) is 4.17. The van der Waals surface area contributed by atoms with Gasteiger partial charge in [0.05, 0.1) is 6.61 Å². The number of rotatable bonds is 6. The van der Waals surface area contributed by atoms with E-state index in [2.05, 4.69) is 18.8 Å². The number of nitrogens with zero attached hydrogens (tertiary/aromatic N) is 1. The first kappa shape index (κ1) is 12.5. The number of amidine groups is 1. The van der Waals surface area contributed by atoms with Gasteiger partial charge >= 0.3 is 0 Å². The van der Waals surface area contributed by atoms with Crippen LogP contribution in [0.4, 0.5) is 0 Å². The maximum Gasteiger partial charge on any atom is 0.141 e. The van der Waals surface area contributed by atoms with E-state index in [0.29, 0.717) is 18.2 Å². The number of nitrogens with two attached hydrogens (primary N) is 1. The maximum atomic E-state index is 7.26. The summed E-state index contributed by atoms with van der Waals surface area (Å²) in [7, 11) is 0. The molecule has 0 aliphatic heterocycles. The standard InChI is InChI=1S/C12H19N3O/c1-9(2)4-3-7-16-10-5-6-15-11(8-10)12(13)14/h5-6,8-9H,3-4,7H2,1-2H3,(H3,13,14). The lowest BCUT2D eigenvalue weighted by Gasteiger charge is -2.08. The van der Waals surface area contributed by atoms with Crippen LogP contribution >= 0.6 is 0 Å². The van der Waals surface area contributed by atoms with Gasteiger partial charge in [-0.3, -0.25) is 10.4 Å². The molecule has 1 aromatic rings. The Kier molecular flexibility index (Phi) is 4.76. The van der Waals surface area contributed by atoms with Crippen molar-refractivity contribution in [3.8, 4) is 5.75 Å². The van der Waals surface area contributed by atoms with E-state index < -0.39 is 0 Å². The fourth-order valence-corrected chi connectivity index (χ4v) is 1.33. The predicted octanol–water partition coefficient (Wildman–Crippen LogP) is 2.18. The van der Waals surface area contributed by atoms with Crippen LogP contribution in [0.2, 0.25) is 0 Å². The molecular formula is C12H19N3O. The minimum absolute atomic E-state index is 0.0346. The first-order valence-electron chi connectivity index (χ1n) is 5.53. The molecule has 1 rings (SSSR count). The van der Waals surface area contributed by atoms with Crippen molar-refractivity contribution in [3.05, 3.63) is 24.0 Å². The van der Waals surface area contributed by atoms with E-state index in [-0.39, 0.29) is 5.84 Å². The lowest BCUT2D eigenvalue weighted by atomic mass is 10.1. The number of nitrogen functional groups attached to an aromatic ring is 1. The molecule has 0 bridgehead atoms. The summed E-state index contributed by atoms with van der Waals surface area (Å²) in [6.45, 7) is 5.08. The molecular weight excluding hydrogens is 202 g/mol.